The summed E-state index contributed by atoms with van der Waals surface area (Å²) in [5, 5.41) is 11.1. The summed E-state index contributed by atoms with van der Waals surface area (Å²) in [7, 11) is 0. The van der Waals surface area contributed by atoms with Crippen molar-refractivity contribution in [1.82, 2.24) is 5.32 Å². The Kier molecular flexibility index (Phi) is 5.67. The van der Waals surface area contributed by atoms with Crippen molar-refractivity contribution in [2.24, 2.45) is 0 Å². The zero-order chi connectivity index (χ0) is 15.7. The monoisotopic (exact) mass is 359 g/mol. The molecule has 1 aliphatic rings. The maximum absolute atomic E-state index is 13.4. The van der Waals surface area contributed by atoms with Crippen LogP contribution in [0.2, 0.25) is 0 Å². The maximum Gasteiger partial charge on any atom is 0.573 e. The second-order valence-electron chi connectivity index (χ2n) is 4.32. The molecule has 2 rings (SSSR count). The standard InChI is InChI=1S/C12H9F5N2O2.V/c13-11(14)6-19-5-10(11)20-8-2-1-7(4-18)9(3-8)21-12(15,16)17;/h1-3,10,19H,5-6H2;/t10-;/m0./s1. The van der Waals surface area contributed by atoms with E-state index in [1.165, 1.54) is 6.07 Å². The molecule has 1 aromatic rings. The molecule has 0 spiro atoms. The van der Waals surface area contributed by atoms with Gasteiger partial charge in [0.2, 0.25) is 0 Å². The molecule has 1 saturated heterocycles. The Labute approximate surface area is 134 Å². The number of alkyl halides is 5. The van der Waals surface area contributed by atoms with E-state index in [4.69, 9.17) is 10.00 Å². The van der Waals surface area contributed by atoms with E-state index in [-0.39, 0.29) is 36.4 Å². The molecule has 0 aromatic heterocycles. The van der Waals surface area contributed by atoms with Gasteiger partial charge in [-0.3, -0.25) is 0 Å². The van der Waals surface area contributed by atoms with Crippen LogP contribution in [0, 0.1) is 11.3 Å². The predicted molar refractivity (Wildman–Crippen MR) is 60.1 cm³/mol. The Balaban J connectivity index is 0.00000242. The van der Waals surface area contributed by atoms with Crippen molar-refractivity contribution in [1.29, 1.82) is 5.26 Å². The third-order valence-corrected chi connectivity index (χ3v) is 2.74. The molecule has 1 radical (unpaired) electrons. The molecule has 0 bridgehead atoms. The Bertz CT molecular complexity index is 574. The van der Waals surface area contributed by atoms with Crippen LogP contribution in [-0.2, 0) is 18.6 Å². The van der Waals surface area contributed by atoms with Crippen LogP contribution >= 0.6 is 0 Å². The van der Waals surface area contributed by atoms with E-state index < -0.39 is 30.7 Å². The summed E-state index contributed by atoms with van der Waals surface area (Å²) in [4.78, 5) is 0. The van der Waals surface area contributed by atoms with Crippen molar-refractivity contribution in [2.45, 2.75) is 18.4 Å². The Hall–Kier alpha value is -1.50. The average molecular weight is 359 g/mol. The number of rotatable bonds is 3. The number of hydrogen-bond donors (Lipinski definition) is 1. The Morgan fingerprint density at radius 1 is 1.32 bits per heavy atom. The van der Waals surface area contributed by atoms with Crippen LogP contribution in [-0.4, -0.2) is 31.5 Å². The number of nitrogens with zero attached hydrogens (tertiary/aromatic N) is 1. The van der Waals surface area contributed by atoms with E-state index in [0.717, 1.165) is 18.2 Å². The first-order chi connectivity index (χ1) is 9.71. The van der Waals surface area contributed by atoms with E-state index in [0.29, 0.717) is 0 Å². The summed E-state index contributed by atoms with van der Waals surface area (Å²) >= 11 is 0. The fraction of sp³-hybridized carbons (Fsp3) is 0.417. The van der Waals surface area contributed by atoms with E-state index in [1.807, 2.05) is 0 Å². The third-order valence-electron chi connectivity index (χ3n) is 2.74. The van der Waals surface area contributed by atoms with Crippen molar-refractivity contribution in [3.05, 3.63) is 23.8 Å². The smallest absolute Gasteiger partial charge is 0.483 e. The van der Waals surface area contributed by atoms with Crippen molar-refractivity contribution in [3.63, 3.8) is 0 Å². The molecule has 0 aliphatic carbocycles. The van der Waals surface area contributed by atoms with Gasteiger partial charge in [0.1, 0.15) is 11.8 Å². The van der Waals surface area contributed by atoms with Gasteiger partial charge in [-0.05, 0) is 12.1 Å². The van der Waals surface area contributed by atoms with Crippen LogP contribution in [0.3, 0.4) is 0 Å². The van der Waals surface area contributed by atoms with E-state index in [1.54, 1.807) is 0 Å². The van der Waals surface area contributed by atoms with Crippen LogP contribution in [0.4, 0.5) is 22.0 Å². The van der Waals surface area contributed by atoms with E-state index in [2.05, 4.69) is 10.1 Å². The minimum atomic E-state index is -5.00. The van der Waals surface area contributed by atoms with Crippen LogP contribution < -0.4 is 14.8 Å². The van der Waals surface area contributed by atoms with Crippen LogP contribution in [0.25, 0.3) is 0 Å². The average Bonchev–Trinajstić information content (AvgIpc) is 2.67. The van der Waals surface area contributed by atoms with Gasteiger partial charge in [-0.25, -0.2) is 8.78 Å². The fourth-order valence-electron chi connectivity index (χ4n) is 1.80. The quantitative estimate of drug-likeness (QED) is 0.843. The number of nitrogens with one attached hydrogen (secondary N) is 1. The molecule has 1 atom stereocenters. The first-order valence-electron chi connectivity index (χ1n) is 5.76. The second kappa shape index (κ2) is 6.73. The molecule has 4 nitrogen and oxygen atoms in total. The van der Waals surface area contributed by atoms with Gasteiger partial charge in [-0.2, -0.15) is 5.26 Å². The summed E-state index contributed by atoms with van der Waals surface area (Å²) < 4.78 is 72.0. The van der Waals surface area contributed by atoms with Crippen LogP contribution in [0.15, 0.2) is 18.2 Å². The molecule has 0 amide bonds. The molecule has 1 aromatic carbocycles. The minimum Gasteiger partial charge on any atom is -0.483 e. The molecule has 22 heavy (non-hydrogen) atoms. The Morgan fingerprint density at radius 3 is 2.50 bits per heavy atom. The second-order valence-corrected chi connectivity index (χ2v) is 4.32. The molecule has 1 heterocycles. The van der Waals surface area contributed by atoms with Crippen LogP contribution in [0.5, 0.6) is 11.5 Å². The van der Waals surface area contributed by atoms with E-state index >= 15 is 0 Å². The summed E-state index contributed by atoms with van der Waals surface area (Å²) in [5.41, 5.74) is -0.379. The van der Waals surface area contributed by atoms with Gasteiger partial charge in [0, 0.05) is 31.2 Å². The van der Waals surface area contributed by atoms with Gasteiger partial charge < -0.3 is 14.8 Å². The molecular weight excluding hydrogens is 350 g/mol. The van der Waals surface area contributed by atoms with Crippen molar-refractivity contribution < 1.29 is 50.0 Å². The van der Waals surface area contributed by atoms with Gasteiger partial charge >= 0.3 is 6.36 Å². The topological polar surface area (TPSA) is 54.3 Å². The molecule has 1 aliphatic heterocycles. The van der Waals surface area contributed by atoms with Gasteiger partial charge in [-0.1, -0.05) is 0 Å². The number of halogens is 5. The zero-order valence-electron chi connectivity index (χ0n) is 10.8. The van der Waals surface area contributed by atoms with Crippen molar-refractivity contribution >= 4 is 0 Å². The first kappa shape index (κ1) is 18.6. The molecular formula is C12H9F5N2O2V. The van der Waals surface area contributed by atoms with Crippen molar-refractivity contribution in [2.75, 3.05) is 13.1 Å². The van der Waals surface area contributed by atoms with Crippen LogP contribution in [0.1, 0.15) is 5.56 Å². The van der Waals surface area contributed by atoms with E-state index in [9.17, 15) is 22.0 Å². The van der Waals surface area contributed by atoms with Gasteiger partial charge in [0.15, 0.2) is 11.9 Å². The number of nitriles is 1. The SMILES string of the molecule is N#Cc1ccc(O[C@H]2CNCC2(F)F)cc1OC(F)(F)F.[V]. The molecule has 119 valence electrons. The van der Waals surface area contributed by atoms with Gasteiger partial charge in [-0.15, -0.1) is 13.2 Å². The minimum absolute atomic E-state index is 0. The van der Waals surface area contributed by atoms with Gasteiger partial charge in [0.25, 0.3) is 5.92 Å². The van der Waals surface area contributed by atoms with Crippen molar-refractivity contribution in [3.8, 4) is 17.6 Å². The number of hydrogen-bond acceptors (Lipinski definition) is 4. The van der Waals surface area contributed by atoms with Gasteiger partial charge in [0.05, 0.1) is 12.1 Å². The molecule has 1 fully saturated rings. The normalized spacial score (nSPS) is 19.9. The maximum atomic E-state index is 13.4. The molecule has 10 heteroatoms. The first-order valence-corrected chi connectivity index (χ1v) is 5.76. The fourth-order valence-corrected chi connectivity index (χ4v) is 1.80. The summed E-state index contributed by atoms with van der Waals surface area (Å²) in [6.45, 7) is -0.706. The predicted octanol–water partition coefficient (Wildman–Crippen LogP) is 2.44. The number of benzene rings is 1. The largest absolute Gasteiger partial charge is 0.573 e. The summed E-state index contributed by atoms with van der Waals surface area (Å²) in [6, 6.07) is 4.42. The summed E-state index contributed by atoms with van der Waals surface area (Å²) in [5.74, 6) is -4.16. The molecule has 0 unspecified atom stereocenters. The third kappa shape index (κ3) is 4.50. The molecule has 1 N–H and O–H groups in total. The molecule has 0 saturated carbocycles. The Morgan fingerprint density at radius 2 is 2.00 bits per heavy atom. The summed E-state index contributed by atoms with van der Waals surface area (Å²) in [6.07, 6.45) is -6.49. The zero-order valence-corrected chi connectivity index (χ0v) is 12.2. The number of ether oxygens (including phenoxy) is 2.